The van der Waals surface area contributed by atoms with Crippen LogP contribution in [0.3, 0.4) is 0 Å². The average Bonchev–Trinajstić information content (AvgIpc) is 2.62. The minimum absolute atomic E-state index is 0.0366. The average molecular weight is 453 g/mol. The molecule has 28 heavy (non-hydrogen) atoms. The topological polar surface area (TPSA) is 49.4 Å². The number of carbonyl (C=O) groups is 2. The summed E-state index contributed by atoms with van der Waals surface area (Å²) in [5.74, 6) is -0.719. The van der Waals surface area contributed by atoms with Crippen molar-refractivity contribution in [3.8, 4) is 0 Å². The summed E-state index contributed by atoms with van der Waals surface area (Å²) >= 11 is 2.87. The monoisotopic (exact) mass is 452 g/mol. The van der Waals surface area contributed by atoms with Gasteiger partial charge in [0.05, 0.1) is 18.0 Å². The van der Waals surface area contributed by atoms with Gasteiger partial charge in [-0.2, -0.15) is 13.2 Å². The predicted octanol–water partition coefficient (Wildman–Crippen LogP) is 5.37. The van der Waals surface area contributed by atoms with Crippen molar-refractivity contribution in [3.05, 3.63) is 69.8 Å². The summed E-state index contributed by atoms with van der Waals surface area (Å²) in [4.78, 5) is 26.0. The lowest BCUT2D eigenvalue weighted by molar-refractivity contribution is -0.138. The molecule has 0 aliphatic carbocycles. The largest absolute Gasteiger partial charge is 0.417 e. The van der Waals surface area contributed by atoms with Gasteiger partial charge in [-0.3, -0.25) is 9.59 Å². The van der Waals surface area contributed by atoms with Gasteiger partial charge < -0.3 is 10.2 Å². The first kappa shape index (κ1) is 20.1. The van der Waals surface area contributed by atoms with E-state index in [0.717, 1.165) is 17.2 Å². The number of hydrogen-bond acceptors (Lipinski definition) is 2. The van der Waals surface area contributed by atoms with Crippen LogP contribution in [0, 0.1) is 0 Å². The highest BCUT2D eigenvalue weighted by Crippen LogP contribution is 2.37. The third-order valence-electron chi connectivity index (χ3n) is 4.40. The highest BCUT2D eigenvalue weighted by atomic mass is 79.9. The number of fused-ring (bicyclic) bond motifs is 1. The Morgan fingerprint density at radius 2 is 1.89 bits per heavy atom. The molecule has 1 unspecified atom stereocenters. The third-order valence-corrected chi connectivity index (χ3v) is 5.09. The van der Waals surface area contributed by atoms with Crippen molar-refractivity contribution in [1.82, 2.24) is 4.90 Å². The van der Waals surface area contributed by atoms with Crippen LogP contribution in [0.5, 0.6) is 0 Å². The molecule has 1 heterocycles. The number of anilines is 1. The molecule has 2 aromatic rings. The normalized spacial score (nSPS) is 15.9. The molecule has 1 aliphatic heterocycles. The standard InChI is InChI=1S/C20H16BrF3N2O2/c1-12(27)26-9-8-13-4-2-3-5-15(13)18(26)11-19(28)25-14-6-7-17(21)16(10-14)20(22,23)24/h2-10,18H,11H2,1H3,(H,25,28). The molecule has 1 atom stereocenters. The molecule has 0 radical (unpaired) electrons. The Morgan fingerprint density at radius 1 is 1.18 bits per heavy atom. The van der Waals surface area contributed by atoms with Crippen molar-refractivity contribution in [2.75, 3.05) is 5.32 Å². The van der Waals surface area contributed by atoms with Crippen LogP contribution in [-0.4, -0.2) is 16.7 Å². The molecule has 0 spiro atoms. The zero-order valence-corrected chi connectivity index (χ0v) is 16.3. The first-order valence-corrected chi connectivity index (χ1v) is 9.19. The molecule has 2 amide bonds. The number of nitrogens with zero attached hydrogens (tertiary/aromatic N) is 1. The fraction of sp³-hybridized carbons (Fsp3) is 0.200. The molecule has 1 N–H and O–H groups in total. The Bertz CT molecular complexity index is 957. The van der Waals surface area contributed by atoms with Gasteiger partial charge in [0.2, 0.25) is 11.8 Å². The van der Waals surface area contributed by atoms with Crippen LogP contribution in [0.15, 0.2) is 53.1 Å². The molecule has 2 aromatic carbocycles. The second kappa shape index (κ2) is 7.79. The van der Waals surface area contributed by atoms with Crippen LogP contribution >= 0.6 is 15.9 Å². The quantitative estimate of drug-likeness (QED) is 0.680. The molecule has 0 aromatic heterocycles. The van der Waals surface area contributed by atoms with E-state index in [1.807, 2.05) is 24.3 Å². The predicted molar refractivity (Wildman–Crippen MR) is 103 cm³/mol. The maximum absolute atomic E-state index is 13.0. The first-order valence-electron chi connectivity index (χ1n) is 8.39. The summed E-state index contributed by atoms with van der Waals surface area (Å²) < 4.78 is 39.0. The van der Waals surface area contributed by atoms with Crippen LogP contribution in [0.4, 0.5) is 18.9 Å². The van der Waals surface area contributed by atoms with Crippen molar-refractivity contribution in [2.45, 2.75) is 25.6 Å². The molecule has 8 heteroatoms. The van der Waals surface area contributed by atoms with Crippen LogP contribution in [0.25, 0.3) is 6.08 Å². The maximum atomic E-state index is 13.0. The second-order valence-corrected chi connectivity index (χ2v) is 7.19. The molecule has 0 saturated heterocycles. The van der Waals surface area contributed by atoms with Crippen molar-refractivity contribution >= 4 is 39.5 Å². The number of carbonyl (C=O) groups excluding carboxylic acids is 2. The summed E-state index contributed by atoms with van der Waals surface area (Å²) in [5, 5.41) is 2.50. The molecule has 0 fully saturated rings. The molecule has 146 valence electrons. The minimum Gasteiger partial charge on any atom is -0.326 e. The van der Waals surface area contributed by atoms with E-state index in [2.05, 4.69) is 21.2 Å². The zero-order chi connectivity index (χ0) is 20.5. The van der Waals surface area contributed by atoms with E-state index in [1.165, 1.54) is 24.0 Å². The van der Waals surface area contributed by atoms with Gasteiger partial charge in [-0.1, -0.05) is 40.2 Å². The molecule has 3 rings (SSSR count). The minimum atomic E-state index is -4.54. The smallest absolute Gasteiger partial charge is 0.326 e. The summed E-state index contributed by atoms with van der Waals surface area (Å²) in [6.45, 7) is 1.40. The molecule has 0 bridgehead atoms. The summed E-state index contributed by atoms with van der Waals surface area (Å²) in [6, 6.07) is 10.3. The second-order valence-electron chi connectivity index (χ2n) is 6.33. The molecule has 4 nitrogen and oxygen atoms in total. The van der Waals surface area contributed by atoms with Crippen LogP contribution in [0.2, 0.25) is 0 Å². The number of amides is 2. The highest BCUT2D eigenvalue weighted by molar-refractivity contribution is 9.10. The zero-order valence-electron chi connectivity index (χ0n) is 14.8. The Morgan fingerprint density at radius 3 is 2.57 bits per heavy atom. The molecular formula is C20H16BrF3N2O2. The third kappa shape index (κ3) is 4.27. The molecular weight excluding hydrogens is 437 g/mol. The highest BCUT2D eigenvalue weighted by Gasteiger charge is 2.33. The maximum Gasteiger partial charge on any atom is 0.417 e. The number of benzene rings is 2. The van der Waals surface area contributed by atoms with Gasteiger partial charge in [0.1, 0.15) is 0 Å². The van der Waals surface area contributed by atoms with Crippen molar-refractivity contribution in [3.63, 3.8) is 0 Å². The van der Waals surface area contributed by atoms with Crippen molar-refractivity contribution in [2.24, 2.45) is 0 Å². The number of hydrogen-bond donors (Lipinski definition) is 1. The molecule has 1 aliphatic rings. The van der Waals surface area contributed by atoms with E-state index in [9.17, 15) is 22.8 Å². The number of halogens is 4. The summed E-state index contributed by atoms with van der Waals surface area (Å²) in [5.41, 5.74) is 0.860. The fourth-order valence-electron chi connectivity index (χ4n) is 3.12. The number of rotatable bonds is 3. The lowest BCUT2D eigenvalue weighted by Crippen LogP contribution is -2.33. The van der Waals surface area contributed by atoms with Crippen LogP contribution in [-0.2, 0) is 15.8 Å². The van der Waals surface area contributed by atoms with Crippen LogP contribution < -0.4 is 5.32 Å². The van der Waals surface area contributed by atoms with E-state index in [-0.39, 0.29) is 22.5 Å². The lowest BCUT2D eigenvalue weighted by Gasteiger charge is -2.32. The van der Waals surface area contributed by atoms with E-state index in [1.54, 1.807) is 12.3 Å². The Hall–Kier alpha value is -2.61. The number of nitrogens with one attached hydrogen (secondary N) is 1. The number of alkyl halides is 3. The first-order chi connectivity index (χ1) is 13.2. The SMILES string of the molecule is CC(=O)N1C=Cc2ccccc2C1CC(=O)Nc1ccc(Br)c(C(F)(F)F)c1. The van der Waals surface area contributed by atoms with Gasteiger partial charge >= 0.3 is 6.18 Å². The van der Waals surface area contributed by atoms with E-state index in [0.29, 0.717) is 0 Å². The summed E-state index contributed by atoms with van der Waals surface area (Å²) in [6.07, 6.45) is -1.23. The Labute approximate surface area is 168 Å². The Kier molecular flexibility index (Phi) is 5.60. The van der Waals surface area contributed by atoms with Crippen molar-refractivity contribution in [1.29, 1.82) is 0 Å². The van der Waals surface area contributed by atoms with Crippen LogP contribution in [0.1, 0.15) is 36.1 Å². The van der Waals surface area contributed by atoms with Gasteiger partial charge in [0.15, 0.2) is 0 Å². The fourth-order valence-corrected chi connectivity index (χ4v) is 3.59. The van der Waals surface area contributed by atoms with E-state index in [4.69, 9.17) is 0 Å². The lowest BCUT2D eigenvalue weighted by atomic mass is 9.93. The van der Waals surface area contributed by atoms with Crippen molar-refractivity contribution < 1.29 is 22.8 Å². The van der Waals surface area contributed by atoms with Gasteiger partial charge in [-0.25, -0.2) is 0 Å². The molecule has 0 saturated carbocycles. The van der Waals surface area contributed by atoms with Gasteiger partial charge in [-0.15, -0.1) is 0 Å². The van der Waals surface area contributed by atoms with Gasteiger partial charge in [-0.05, 0) is 35.4 Å². The van der Waals surface area contributed by atoms with Gasteiger partial charge in [0.25, 0.3) is 0 Å². The summed E-state index contributed by atoms with van der Waals surface area (Å²) in [7, 11) is 0. The Balaban J connectivity index is 1.82. The van der Waals surface area contributed by atoms with E-state index >= 15 is 0 Å². The van der Waals surface area contributed by atoms with E-state index < -0.39 is 23.7 Å². The van der Waals surface area contributed by atoms with Gasteiger partial charge in [0, 0.05) is 23.3 Å².